The number of hydrogen-bond donors (Lipinski definition) is 1. The maximum Gasteiger partial charge on any atom is 0.124 e. The summed E-state index contributed by atoms with van der Waals surface area (Å²) in [5.41, 5.74) is 3.04. The van der Waals surface area contributed by atoms with Crippen molar-refractivity contribution in [1.29, 1.82) is 0 Å². The smallest absolute Gasteiger partial charge is 0.124 e. The van der Waals surface area contributed by atoms with E-state index in [1.54, 1.807) is 14.2 Å². The van der Waals surface area contributed by atoms with E-state index in [9.17, 15) is 5.11 Å². The molecule has 2 aromatic rings. The first-order valence-corrected chi connectivity index (χ1v) is 6.59. The monoisotopic (exact) mass is 272 g/mol. The Morgan fingerprint density at radius 1 is 1.00 bits per heavy atom. The summed E-state index contributed by atoms with van der Waals surface area (Å²) in [5.74, 6) is 1.38. The molecule has 0 aliphatic carbocycles. The van der Waals surface area contributed by atoms with Crippen LogP contribution < -0.4 is 9.47 Å². The summed E-state index contributed by atoms with van der Waals surface area (Å²) in [6.45, 7) is 2.05. The maximum absolute atomic E-state index is 10.4. The van der Waals surface area contributed by atoms with E-state index in [-0.39, 0.29) is 0 Å². The fraction of sp³-hybridized carbons (Fsp3) is 0.294. The zero-order valence-corrected chi connectivity index (χ0v) is 12.1. The van der Waals surface area contributed by atoms with Crippen molar-refractivity contribution in [2.75, 3.05) is 14.2 Å². The lowest BCUT2D eigenvalue weighted by molar-refractivity contribution is 0.173. The van der Waals surface area contributed by atoms with Crippen molar-refractivity contribution >= 4 is 0 Å². The molecule has 0 heterocycles. The van der Waals surface area contributed by atoms with Gasteiger partial charge in [-0.1, -0.05) is 29.8 Å². The number of methoxy groups -OCH3 is 2. The molecule has 20 heavy (non-hydrogen) atoms. The minimum absolute atomic E-state index is 0.545. The fourth-order valence-corrected chi connectivity index (χ4v) is 2.16. The summed E-state index contributed by atoms with van der Waals surface area (Å²) in [6, 6.07) is 13.6. The van der Waals surface area contributed by atoms with Crippen molar-refractivity contribution in [3.05, 3.63) is 59.2 Å². The van der Waals surface area contributed by atoms with Crippen LogP contribution in [0.5, 0.6) is 11.5 Å². The molecule has 0 spiro atoms. The van der Waals surface area contributed by atoms with Gasteiger partial charge in [0.2, 0.25) is 0 Å². The van der Waals surface area contributed by atoms with Crippen molar-refractivity contribution in [2.45, 2.75) is 19.4 Å². The first-order valence-electron chi connectivity index (χ1n) is 6.59. The Hall–Kier alpha value is -2.00. The van der Waals surface area contributed by atoms with Gasteiger partial charge in [-0.15, -0.1) is 0 Å². The molecule has 0 aliphatic rings. The summed E-state index contributed by atoms with van der Waals surface area (Å²) >= 11 is 0. The summed E-state index contributed by atoms with van der Waals surface area (Å²) in [6.07, 6.45) is -0.0770. The van der Waals surface area contributed by atoms with Gasteiger partial charge in [0, 0.05) is 12.0 Å². The predicted octanol–water partition coefficient (Wildman–Crippen LogP) is 3.29. The van der Waals surface area contributed by atoms with Crippen LogP contribution in [0.2, 0.25) is 0 Å². The van der Waals surface area contributed by atoms with Crippen LogP contribution in [-0.2, 0) is 6.42 Å². The molecule has 0 saturated carbocycles. The van der Waals surface area contributed by atoms with Gasteiger partial charge in [-0.2, -0.15) is 0 Å². The lowest BCUT2D eigenvalue weighted by Crippen LogP contribution is -2.04. The molecule has 106 valence electrons. The van der Waals surface area contributed by atoms with E-state index in [1.165, 1.54) is 5.56 Å². The summed E-state index contributed by atoms with van der Waals surface area (Å²) < 4.78 is 10.5. The Morgan fingerprint density at radius 2 is 1.70 bits per heavy atom. The molecular formula is C17H20O3. The molecule has 0 radical (unpaired) electrons. The zero-order valence-electron chi connectivity index (χ0n) is 12.1. The molecule has 2 rings (SSSR count). The molecule has 0 saturated heterocycles. The Balaban J connectivity index is 2.23. The van der Waals surface area contributed by atoms with Gasteiger partial charge in [-0.25, -0.2) is 0 Å². The van der Waals surface area contributed by atoms with Crippen molar-refractivity contribution in [3.8, 4) is 11.5 Å². The highest BCUT2D eigenvalue weighted by Gasteiger charge is 2.15. The molecule has 0 aromatic heterocycles. The molecule has 0 bridgehead atoms. The number of aliphatic hydroxyl groups is 1. The van der Waals surface area contributed by atoms with E-state index in [4.69, 9.17) is 9.47 Å². The van der Waals surface area contributed by atoms with Gasteiger partial charge in [0.15, 0.2) is 0 Å². The van der Waals surface area contributed by atoms with Crippen LogP contribution in [0.15, 0.2) is 42.5 Å². The van der Waals surface area contributed by atoms with Crippen molar-refractivity contribution in [3.63, 3.8) is 0 Å². The molecule has 2 aromatic carbocycles. The molecule has 1 unspecified atom stereocenters. The average molecular weight is 272 g/mol. The van der Waals surface area contributed by atoms with Crippen LogP contribution in [-0.4, -0.2) is 19.3 Å². The Morgan fingerprint density at radius 3 is 2.30 bits per heavy atom. The van der Waals surface area contributed by atoms with Crippen LogP contribution in [0.1, 0.15) is 22.8 Å². The third-order valence-electron chi connectivity index (χ3n) is 3.35. The topological polar surface area (TPSA) is 38.7 Å². The van der Waals surface area contributed by atoms with Gasteiger partial charge < -0.3 is 14.6 Å². The molecule has 3 nitrogen and oxygen atoms in total. The average Bonchev–Trinajstić information content (AvgIpc) is 2.48. The number of aliphatic hydroxyl groups excluding tert-OH is 1. The van der Waals surface area contributed by atoms with Crippen LogP contribution in [0.3, 0.4) is 0 Å². The first kappa shape index (κ1) is 14.4. The predicted molar refractivity (Wildman–Crippen MR) is 79.4 cm³/mol. The molecule has 3 heteroatoms. The minimum Gasteiger partial charge on any atom is -0.497 e. The van der Waals surface area contributed by atoms with Crippen LogP contribution >= 0.6 is 0 Å². The van der Waals surface area contributed by atoms with Gasteiger partial charge in [-0.05, 0) is 30.7 Å². The number of ether oxygens (including phenoxy) is 2. The summed E-state index contributed by atoms with van der Waals surface area (Å²) in [5, 5.41) is 10.4. The standard InChI is InChI=1S/C17H20O3/c1-12-4-6-13(7-5-12)10-16(18)15-11-14(19-2)8-9-17(15)20-3/h4-9,11,16,18H,10H2,1-3H3. The molecule has 0 amide bonds. The maximum atomic E-state index is 10.4. The molecule has 0 fully saturated rings. The normalized spacial score (nSPS) is 12.0. The van der Waals surface area contributed by atoms with Crippen LogP contribution in [0, 0.1) is 6.92 Å². The molecule has 1 atom stereocenters. The van der Waals surface area contributed by atoms with E-state index in [0.29, 0.717) is 17.9 Å². The lowest BCUT2D eigenvalue weighted by atomic mass is 9.99. The zero-order chi connectivity index (χ0) is 14.5. The van der Waals surface area contributed by atoms with E-state index in [0.717, 1.165) is 11.1 Å². The fourth-order valence-electron chi connectivity index (χ4n) is 2.16. The Labute approximate surface area is 119 Å². The van der Waals surface area contributed by atoms with E-state index < -0.39 is 6.10 Å². The lowest BCUT2D eigenvalue weighted by Gasteiger charge is -2.16. The highest BCUT2D eigenvalue weighted by Crippen LogP contribution is 2.31. The van der Waals surface area contributed by atoms with Gasteiger partial charge in [0.25, 0.3) is 0 Å². The number of benzene rings is 2. The van der Waals surface area contributed by atoms with Gasteiger partial charge >= 0.3 is 0 Å². The summed E-state index contributed by atoms with van der Waals surface area (Å²) in [4.78, 5) is 0. The first-order chi connectivity index (χ1) is 9.63. The van der Waals surface area contributed by atoms with Gasteiger partial charge in [-0.3, -0.25) is 0 Å². The third-order valence-corrected chi connectivity index (χ3v) is 3.35. The van der Waals surface area contributed by atoms with Crippen LogP contribution in [0.4, 0.5) is 0 Å². The van der Waals surface area contributed by atoms with Crippen LogP contribution in [0.25, 0.3) is 0 Å². The number of aryl methyl sites for hydroxylation is 1. The molecule has 1 N–H and O–H groups in total. The third kappa shape index (κ3) is 3.31. The van der Waals surface area contributed by atoms with Crippen molar-refractivity contribution < 1.29 is 14.6 Å². The van der Waals surface area contributed by atoms with E-state index >= 15 is 0 Å². The minimum atomic E-state index is -0.622. The Bertz CT molecular complexity index is 561. The van der Waals surface area contributed by atoms with Crippen molar-refractivity contribution in [1.82, 2.24) is 0 Å². The SMILES string of the molecule is COc1ccc(OC)c(C(O)Cc2ccc(C)cc2)c1. The van der Waals surface area contributed by atoms with Gasteiger partial charge in [0.05, 0.1) is 20.3 Å². The quantitative estimate of drug-likeness (QED) is 0.907. The van der Waals surface area contributed by atoms with Crippen molar-refractivity contribution in [2.24, 2.45) is 0 Å². The highest BCUT2D eigenvalue weighted by molar-refractivity contribution is 5.42. The van der Waals surface area contributed by atoms with E-state index in [2.05, 4.69) is 0 Å². The highest BCUT2D eigenvalue weighted by atomic mass is 16.5. The molecular weight excluding hydrogens is 252 g/mol. The summed E-state index contributed by atoms with van der Waals surface area (Å²) in [7, 11) is 3.21. The Kier molecular flexibility index (Phi) is 4.64. The second kappa shape index (κ2) is 6.44. The molecule has 0 aliphatic heterocycles. The number of hydrogen-bond acceptors (Lipinski definition) is 3. The van der Waals surface area contributed by atoms with Gasteiger partial charge in [0.1, 0.15) is 11.5 Å². The second-order valence-corrected chi connectivity index (χ2v) is 4.81. The second-order valence-electron chi connectivity index (χ2n) is 4.81. The van der Waals surface area contributed by atoms with E-state index in [1.807, 2.05) is 49.4 Å². The largest absolute Gasteiger partial charge is 0.497 e. The number of rotatable bonds is 5.